The summed E-state index contributed by atoms with van der Waals surface area (Å²) in [7, 11) is 1.49. The van der Waals surface area contributed by atoms with Crippen molar-refractivity contribution in [2.45, 2.75) is 37.6 Å². The molecule has 0 heterocycles. The van der Waals surface area contributed by atoms with Crippen molar-refractivity contribution in [3.05, 3.63) is 18.2 Å². The third-order valence-corrected chi connectivity index (χ3v) is 3.99. The smallest absolute Gasteiger partial charge is 0.255 e. The average molecular weight is 321 g/mol. The summed E-state index contributed by atoms with van der Waals surface area (Å²) in [5.41, 5.74) is 11.0. The number of anilines is 1. The molecule has 1 aromatic carbocycles. The molecule has 1 fully saturated rings. The predicted molar refractivity (Wildman–Crippen MR) is 86.3 cm³/mol. The Morgan fingerprint density at radius 2 is 1.91 bits per heavy atom. The number of rotatable bonds is 6. The zero-order chi connectivity index (χ0) is 16.9. The second-order valence-electron chi connectivity index (χ2n) is 5.79. The lowest BCUT2D eigenvalue weighted by atomic mass is 9.82. The Morgan fingerprint density at radius 3 is 2.52 bits per heavy atom. The number of carbonyl (C=O) groups excluding carboxylic acids is 2. The van der Waals surface area contributed by atoms with Gasteiger partial charge in [-0.3, -0.25) is 9.59 Å². The molecule has 0 radical (unpaired) electrons. The van der Waals surface area contributed by atoms with E-state index >= 15 is 0 Å². The van der Waals surface area contributed by atoms with Gasteiger partial charge >= 0.3 is 0 Å². The topological polar surface area (TPSA) is 117 Å². The molecular formula is C16H23N3O4. The molecule has 23 heavy (non-hydrogen) atoms. The number of carbonyl (C=O) groups is 2. The van der Waals surface area contributed by atoms with Crippen molar-refractivity contribution in [3.8, 4) is 11.5 Å². The van der Waals surface area contributed by atoms with Crippen LogP contribution in [0.3, 0.4) is 0 Å². The largest absolute Gasteiger partial charge is 0.493 e. The number of amides is 2. The maximum Gasteiger partial charge on any atom is 0.255 e. The van der Waals surface area contributed by atoms with Crippen LogP contribution < -0.4 is 26.3 Å². The van der Waals surface area contributed by atoms with Crippen LogP contribution in [-0.4, -0.2) is 31.1 Å². The van der Waals surface area contributed by atoms with Crippen LogP contribution in [0.25, 0.3) is 0 Å². The van der Waals surface area contributed by atoms with E-state index in [2.05, 4.69) is 5.32 Å². The van der Waals surface area contributed by atoms with E-state index in [1.54, 1.807) is 18.2 Å². The minimum absolute atomic E-state index is 0.205. The molecule has 1 aliphatic carbocycles. The summed E-state index contributed by atoms with van der Waals surface area (Å²) in [4.78, 5) is 23.3. The Morgan fingerprint density at radius 1 is 1.22 bits per heavy atom. The highest BCUT2D eigenvalue weighted by molar-refractivity contribution is 5.98. The first-order chi connectivity index (χ1) is 10.9. The fraction of sp³-hybridized carbons (Fsp3) is 0.500. The normalized spacial score (nSPS) is 16.4. The maximum atomic E-state index is 12.4. The van der Waals surface area contributed by atoms with Crippen molar-refractivity contribution in [1.82, 2.24) is 0 Å². The summed E-state index contributed by atoms with van der Waals surface area (Å²) >= 11 is 0. The second kappa shape index (κ2) is 7.32. The first kappa shape index (κ1) is 17.1. The average Bonchev–Trinajstić information content (AvgIpc) is 2.53. The van der Waals surface area contributed by atoms with E-state index in [-0.39, 0.29) is 12.5 Å². The van der Waals surface area contributed by atoms with Crippen LogP contribution in [0, 0.1) is 0 Å². The molecule has 1 aromatic rings. The van der Waals surface area contributed by atoms with Gasteiger partial charge in [0.25, 0.3) is 5.91 Å². The first-order valence-corrected chi connectivity index (χ1v) is 7.64. The Labute approximate surface area is 135 Å². The summed E-state index contributed by atoms with van der Waals surface area (Å²) in [5.74, 6) is -0.0176. The molecule has 5 N–H and O–H groups in total. The molecular weight excluding hydrogens is 298 g/mol. The molecule has 0 aliphatic heterocycles. The van der Waals surface area contributed by atoms with Gasteiger partial charge in [0.05, 0.1) is 12.6 Å². The number of hydrogen-bond acceptors (Lipinski definition) is 5. The van der Waals surface area contributed by atoms with E-state index in [0.717, 1.165) is 19.3 Å². The Balaban J connectivity index is 2.11. The van der Waals surface area contributed by atoms with Crippen LogP contribution in [0.4, 0.5) is 5.69 Å². The third kappa shape index (κ3) is 4.35. The van der Waals surface area contributed by atoms with Gasteiger partial charge in [0, 0.05) is 11.8 Å². The van der Waals surface area contributed by atoms with Crippen LogP contribution in [0.1, 0.15) is 32.1 Å². The summed E-state index contributed by atoms with van der Waals surface area (Å²) < 4.78 is 10.5. The van der Waals surface area contributed by atoms with Gasteiger partial charge in [0.1, 0.15) is 0 Å². The highest BCUT2D eigenvalue weighted by atomic mass is 16.5. The molecule has 0 atom stereocenters. The van der Waals surface area contributed by atoms with Gasteiger partial charge in [0.15, 0.2) is 18.1 Å². The van der Waals surface area contributed by atoms with E-state index in [1.165, 1.54) is 7.11 Å². The number of nitrogens with two attached hydrogens (primary N) is 2. The summed E-state index contributed by atoms with van der Waals surface area (Å²) in [5, 5.41) is 2.82. The number of benzene rings is 1. The minimum atomic E-state index is -0.827. The maximum absolute atomic E-state index is 12.4. The van der Waals surface area contributed by atoms with Crippen LogP contribution in [0.2, 0.25) is 0 Å². The number of hydrogen-bond donors (Lipinski definition) is 3. The molecule has 126 valence electrons. The second-order valence-corrected chi connectivity index (χ2v) is 5.79. The fourth-order valence-electron chi connectivity index (χ4n) is 2.68. The molecule has 7 heteroatoms. The monoisotopic (exact) mass is 321 g/mol. The van der Waals surface area contributed by atoms with Crippen LogP contribution in [0.15, 0.2) is 18.2 Å². The SMILES string of the molecule is COc1ccc(NC(=O)C2(N)CCCCC2)cc1OCC(N)=O. The molecule has 2 amide bonds. The molecule has 0 aromatic heterocycles. The zero-order valence-corrected chi connectivity index (χ0v) is 13.3. The third-order valence-electron chi connectivity index (χ3n) is 3.99. The number of primary amides is 1. The molecule has 0 spiro atoms. The molecule has 7 nitrogen and oxygen atoms in total. The Kier molecular flexibility index (Phi) is 5.44. The van der Waals surface area contributed by atoms with Crippen molar-refractivity contribution in [2.75, 3.05) is 19.0 Å². The standard InChI is InChI=1S/C16H23N3O4/c1-22-12-6-5-11(9-13(12)23-10-14(17)20)19-15(21)16(18)7-3-2-4-8-16/h5-6,9H,2-4,7-8,10,18H2,1H3,(H2,17,20)(H,19,21). The van der Waals surface area contributed by atoms with Crippen molar-refractivity contribution >= 4 is 17.5 Å². The molecule has 0 bridgehead atoms. The van der Waals surface area contributed by atoms with Gasteiger partial charge in [0.2, 0.25) is 5.91 Å². The van der Waals surface area contributed by atoms with E-state index in [0.29, 0.717) is 30.0 Å². The highest BCUT2D eigenvalue weighted by Crippen LogP contribution is 2.32. The van der Waals surface area contributed by atoms with Gasteiger partial charge in [-0.25, -0.2) is 0 Å². The number of ether oxygens (including phenoxy) is 2. The lowest BCUT2D eigenvalue weighted by Crippen LogP contribution is -2.52. The lowest BCUT2D eigenvalue weighted by molar-refractivity contribution is -0.122. The van der Waals surface area contributed by atoms with E-state index < -0.39 is 11.4 Å². The summed E-state index contributed by atoms with van der Waals surface area (Å²) in [6.45, 7) is -0.269. The molecule has 0 unspecified atom stereocenters. The molecule has 1 aliphatic rings. The predicted octanol–water partition coefficient (Wildman–Crippen LogP) is 1.16. The highest BCUT2D eigenvalue weighted by Gasteiger charge is 2.35. The van der Waals surface area contributed by atoms with Crippen LogP contribution in [-0.2, 0) is 9.59 Å². The lowest BCUT2D eigenvalue weighted by Gasteiger charge is -2.31. The number of methoxy groups -OCH3 is 1. The molecule has 0 saturated heterocycles. The van der Waals surface area contributed by atoms with Crippen LogP contribution in [0.5, 0.6) is 11.5 Å². The van der Waals surface area contributed by atoms with Crippen molar-refractivity contribution in [3.63, 3.8) is 0 Å². The van der Waals surface area contributed by atoms with E-state index in [4.69, 9.17) is 20.9 Å². The van der Waals surface area contributed by atoms with Gasteiger partial charge in [-0.15, -0.1) is 0 Å². The Hall–Kier alpha value is -2.28. The first-order valence-electron chi connectivity index (χ1n) is 7.64. The van der Waals surface area contributed by atoms with Gasteiger partial charge in [-0.05, 0) is 25.0 Å². The Bertz CT molecular complexity index is 583. The molecule has 1 saturated carbocycles. The quantitative estimate of drug-likeness (QED) is 0.727. The fourth-order valence-corrected chi connectivity index (χ4v) is 2.68. The van der Waals surface area contributed by atoms with Gasteiger partial charge in [-0.2, -0.15) is 0 Å². The zero-order valence-electron chi connectivity index (χ0n) is 13.3. The summed E-state index contributed by atoms with van der Waals surface area (Å²) in [6.07, 6.45) is 4.39. The van der Waals surface area contributed by atoms with Crippen LogP contribution >= 0.6 is 0 Å². The van der Waals surface area contributed by atoms with Crippen molar-refractivity contribution in [1.29, 1.82) is 0 Å². The van der Waals surface area contributed by atoms with E-state index in [9.17, 15) is 9.59 Å². The van der Waals surface area contributed by atoms with Crippen molar-refractivity contribution in [2.24, 2.45) is 11.5 Å². The van der Waals surface area contributed by atoms with Crippen molar-refractivity contribution < 1.29 is 19.1 Å². The van der Waals surface area contributed by atoms with E-state index in [1.807, 2.05) is 0 Å². The van der Waals surface area contributed by atoms with Gasteiger partial charge < -0.3 is 26.3 Å². The number of nitrogens with one attached hydrogen (secondary N) is 1. The molecule has 2 rings (SSSR count). The minimum Gasteiger partial charge on any atom is -0.493 e. The van der Waals surface area contributed by atoms with Gasteiger partial charge in [-0.1, -0.05) is 19.3 Å². The summed E-state index contributed by atoms with van der Waals surface area (Å²) in [6, 6.07) is 4.93.